The van der Waals surface area contributed by atoms with Crippen molar-refractivity contribution in [1.82, 2.24) is 9.97 Å². The number of pyridine rings is 1. The summed E-state index contributed by atoms with van der Waals surface area (Å²) in [6.45, 7) is -0.0849. The number of halogens is 1. The zero-order chi connectivity index (χ0) is 12.5. The molecule has 0 aliphatic rings. The Bertz CT molecular complexity index is 689. The van der Waals surface area contributed by atoms with Gasteiger partial charge in [0.2, 0.25) is 0 Å². The summed E-state index contributed by atoms with van der Waals surface area (Å²) in [5.74, 6) is -0.279. The van der Waals surface area contributed by atoms with Crippen molar-refractivity contribution >= 4 is 11.0 Å². The van der Waals surface area contributed by atoms with Gasteiger partial charge in [-0.1, -0.05) is 0 Å². The fourth-order valence-corrected chi connectivity index (χ4v) is 2.10. The SMILES string of the molecule is OCc1c(-c2ccc(F)cc2)[nH]c2ncccc12. The first kappa shape index (κ1) is 10.9. The maximum atomic E-state index is 12.9. The highest BCUT2D eigenvalue weighted by atomic mass is 19.1. The number of aromatic amines is 1. The van der Waals surface area contributed by atoms with E-state index in [0.29, 0.717) is 0 Å². The van der Waals surface area contributed by atoms with Crippen LogP contribution in [-0.4, -0.2) is 15.1 Å². The van der Waals surface area contributed by atoms with Gasteiger partial charge in [0, 0.05) is 17.1 Å². The Hall–Kier alpha value is -2.20. The number of nitrogens with one attached hydrogen (secondary N) is 1. The van der Waals surface area contributed by atoms with Gasteiger partial charge in [-0.05, 0) is 42.0 Å². The van der Waals surface area contributed by atoms with E-state index in [1.165, 1.54) is 12.1 Å². The number of aromatic nitrogens is 2. The smallest absolute Gasteiger partial charge is 0.138 e. The lowest BCUT2D eigenvalue weighted by molar-refractivity contribution is 0.284. The highest BCUT2D eigenvalue weighted by Gasteiger charge is 2.12. The molecule has 0 fully saturated rings. The van der Waals surface area contributed by atoms with E-state index >= 15 is 0 Å². The van der Waals surface area contributed by atoms with Gasteiger partial charge in [0.25, 0.3) is 0 Å². The number of fused-ring (bicyclic) bond motifs is 1. The number of nitrogens with zero attached hydrogens (tertiary/aromatic N) is 1. The van der Waals surface area contributed by atoms with Crippen LogP contribution >= 0.6 is 0 Å². The molecule has 0 radical (unpaired) electrons. The third-order valence-corrected chi connectivity index (χ3v) is 2.97. The van der Waals surface area contributed by atoms with E-state index in [4.69, 9.17) is 0 Å². The molecule has 0 unspecified atom stereocenters. The molecular weight excluding hydrogens is 231 g/mol. The molecule has 0 saturated heterocycles. The normalized spacial score (nSPS) is 11.0. The highest BCUT2D eigenvalue weighted by Crippen LogP contribution is 2.29. The maximum Gasteiger partial charge on any atom is 0.138 e. The Morgan fingerprint density at radius 3 is 2.67 bits per heavy atom. The van der Waals surface area contributed by atoms with Crippen LogP contribution in [0.2, 0.25) is 0 Å². The predicted octanol–water partition coefficient (Wildman–Crippen LogP) is 2.86. The van der Waals surface area contributed by atoms with Gasteiger partial charge in [0.15, 0.2) is 0 Å². The second-order valence-corrected chi connectivity index (χ2v) is 4.04. The summed E-state index contributed by atoms with van der Waals surface area (Å²) < 4.78 is 12.9. The molecule has 3 rings (SSSR count). The summed E-state index contributed by atoms with van der Waals surface area (Å²) in [5.41, 5.74) is 3.12. The molecule has 0 spiro atoms. The van der Waals surface area contributed by atoms with Crippen molar-refractivity contribution in [2.75, 3.05) is 0 Å². The minimum atomic E-state index is -0.279. The van der Waals surface area contributed by atoms with Crippen LogP contribution in [0.5, 0.6) is 0 Å². The third kappa shape index (κ3) is 1.67. The van der Waals surface area contributed by atoms with Crippen LogP contribution in [0.1, 0.15) is 5.56 Å². The summed E-state index contributed by atoms with van der Waals surface area (Å²) >= 11 is 0. The van der Waals surface area contributed by atoms with Crippen LogP contribution in [0.15, 0.2) is 42.6 Å². The minimum absolute atomic E-state index is 0.0849. The first-order valence-corrected chi connectivity index (χ1v) is 5.62. The summed E-state index contributed by atoms with van der Waals surface area (Å²) in [5, 5.41) is 10.4. The van der Waals surface area contributed by atoms with E-state index in [2.05, 4.69) is 9.97 Å². The Balaban J connectivity index is 2.25. The second kappa shape index (κ2) is 4.23. The topological polar surface area (TPSA) is 48.9 Å². The monoisotopic (exact) mass is 242 g/mol. The van der Waals surface area contributed by atoms with Gasteiger partial charge in [-0.3, -0.25) is 0 Å². The molecule has 4 heteroatoms. The zero-order valence-electron chi connectivity index (χ0n) is 9.52. The molecule has 0 aliphatic carbocycles. The lowest BCUT2D eigenvalue weighted by Crippen LogP contribution is -1.86. The van der Waals surface area contributed by atoms with Gasteiger partial charge in [-0.2, -0.15) is 0 Å². The molecule has 2 heterocycles. The molecule has 0 amide bonds. The Morgan fingerprint density at radius 2 is 1.94 bits per heavy atom. The molecule has 3 nitrogen and oxygen atoms in total. The predicted molar refractivity (Wildman–Crippen MR) is 67.4 cm³/mol. The molecular formula is C14H11FN2O. The maximum absolute atomic E-state index is 12.9. The van der Waals surface area contributed by atoms with Gasteiger partial charge < -0.3 is 10.1 Å². The van der Waals surface area contributed by atoms with Crippen molar-refractivity contribution in [2.45, 2.75) is 6.61 Å². The fraction of sp³-hybridized carbons (Fsp3) is 0.0714. The van der Waals surface area contributed by atoms with E-state index < -0.39 is 0 Å². The van der Waals surface area contributed by atoms with Crippen molar-refractivity contribution in [1.29, 1.82) is 0 Å². The minimum Gasteiger partial charge on any atom is -0.392 e. The summed E-state index contributed by atoms with van der Waals surface area (Å²) in [6, 6.07) is 9.88. The first-order valence-electron chi connectivity index (χ1n) is 5.62. The number of aliphatic hydroxyl groups excluding tert-OH is 1. The largest absolute Gasteiger partial charge is 0.392 e. The van der Waals surface area contributed by atoms with Gasteiger partial charge in [-0.15, -0.1) is 0 Å². The van der Waals surface area contributed by atoms with E-state index in [1.54, 1.807) is 18.3 Å². The molecule has 0 atom stereocenters. The molecule has 0 aliphatic heterocycles. The van der Waals surface area contributed by atoms with Crippen LogP contribution in [0.4, 0.5) is 4.39 Å². The quantitative estimate of drug-likeness (QED) is 0.726. The summed E-state index contributed by atoms with van der Waals surface area (Å²) in [7, 11) is 0. The number of rotatable bonds is 2. The Kier molecular flexibility index (Phi) is 2.57. The number of hydrogen-bond acceptors (Lipinski definition) is 2. The molecule has 1 aromatic carbocycles. The molecule has 18 heavy (non-hydrogen) atoms. The van der Waals surface area contributed by atoms with Crippen molar-refractivity contribution in [3.05, 3.63) is 54.0 Å². The van der Waals surface area contributed by atoms with Crippen LogP contribution in [0.3, 0.4) is 0 Å². The number of H-pyrrole nitrogens is 1. The highest BCUT2D eigenvalue weighted by molar-refractivity contribution is 5.88. The lowest BCUT2D eigenvalue weighted by Gasteiger charge is -2.01. The van der Waals surface area contributed by atoms with Gasteiger partial charge in [-0.25, -0.2) is 9.37 Å². The van der Waals surface area contributed by atoms with E-state index in [9.17, 15) is 9.50 Å². The average molecular weight is 242 g/mol. The molecule has 3 aromatic rings. The standard InChI is InChI=1S/C14H11FN2O/c15-10-5-3-9(4-6-10)13-12(8-18)11-2-1-7-16-14(11)17-13/h1-7,18H,8H2,(H,16,17). The van der Waals surface area contributed by atoms with Crippen LogP contribution in [0, 0.1) is 5.82 Å². The molecule has 2 aromatic heterocycles. The van der Waals surface area contributed by atoms with E-state index in [0.717, 1.165) is 27.9 Å². The lowest BCUT2D eigenvalue weighted by atomic mass is 10.1. The fourth-order valence-electron chi connectivity index (χ4n) is 2.10. The molecule has 2 N–H and O–H groups in total. The molecule has 90 valence electrons. The molecule has 0 bridgehead atoms. The van der Waals surface area contributed by atoms with Crippen molar-refractivity contribution in [2.24, 2.45) is 0 Å². The number of benzene rings is 1. The van der Waals surface area contributed by atoms with Crippen molar-refractivity contribution in [3.63, 3.8) is 0 Å². The number of hydrogen-bond donors (Lipinski definition) is 2. The van der Waals surface area contributed by atoms with Crippen LogP contribution in [0.25, 0.3) is 22.3 Å². The molecule has 0 saturated carbocycles. The van der Waals surface area contributed by atoms with E-state index in [1.807, 2.05) is 12.1 Å². The average Bonchev–Trinajstić information content (AvgIpc) is 2.78. The Morgan fingerprint density at radius 1 is 1.17 bits per heavy atom. The van der Waals surface area contributed by atoms with Crippen molar-refractivity contribution < 1.29 is 9.50 Å². The van der Waals surface area contributed by atoms with Gasteiger partial charge in [0.05, 0.1) is 12.3 Å². The Labute approximate surface area is 103 Å². The third-order valence-electron chi connectivity index (χ3n) is 2.97. The van der Waals surface area contributed by atoms with Crippen LogP contribution < -0.4 is 0 Å². The summed E-state index contributed by atoms with van der Waals surface area (Å²) in [4.78, 5) is 7.37. The number of aliphatic hydroxyl groups is 1. The second-order valence-electron chi connectivity index (χ2n) is 4.04. The van der Waals surface area contributed by atoms with Crippen molar-refractivity contribution in [3.8, 4) is 11.3 Å². The van der Waals surface area contributed by atoms with E-state index in [-0.39, 0.29) is 12.4 Å². The summed E-state index contributed by atoms with van der Waals surface area (Å²) in [6.07, 6.45) is 1.69. The zero-order valence-corrected chi connectivity index (χ0v) is 9.52. The van der Waals surface area contributed by atoms with Gasteiger partial charge in [0.1, 0.15) is 11.5 Å². The van der Waals surface area contributed by atoms with Crippen LogP contribution in [-0.2, 0) is 6.61 Å². The van der Waals surface area contributed by atoms with Gasteiger partial charge >= 0.3 is 0 Å². The first-order chi connectivity index (χ1) is 8.79.